The molecule has 0 spiro atoms. The first-order valence-electron chi connectivity index (χ1n) is 7.00. The largest absolute Gasteiger partial charge is 0.322 e. The lowest BCUT2D eigenvalue weighted by Crippen LogP contribution is -2.28. The molecule has 1 atom stereocenters. The van der Waals surface area contributed by atoms with Gasteiger partial charge in [0.15, 0.2) is 0 Å². The van der Waals surface area contributed by atoms with Crippen LogP contribution in [0, 0.1) is 17.1 Å². The van der Waals surface area contributed by atoms with Crippen molar-refractivity contribution in [2.45, 2.75) is 13.0 Å². The van der Waals surface area contributed by atoms with E-state index in [2.05, 4.69) is 4.98 Å². The van der Waals surface area contributed by atoms with Crippen molar-refractivity contribution in [2.75, 3.05) is 0 Å². The fourth-order valence-electron chi connectivity index (χ4n) is 2.51. The third kappa shape index (κ3) is 2.47. The molecular formula is C17H13FN4O. The van der Waals surface area contributed by atoms with Gasteiger partial charge in [-0.2, -0.15) is 5.26 Å². The highest BCUT2D eigenvalue weighted by molar-refractivity contribution is 5.84. The summed E-state index contributed by atoms with van der Waals surface area (Å²) >= 11 is 0. The Balaban J connectivity index is 2.49. The molecule has 0 amide bonds. The second-order valence-corrected chi connectivity index (χ2v) is 5.19. The first-order chi connectivity index (χ1) is 11.0. The molecule has 0 saturated heterocycles. The number of nitriles is 1. The SMILES string of the molecule is CC(N)c1nc2cccc(C#N)c2c(=O)n1-c1cccc(F)c1. The van der Waals surface area contributed by atoms with Crippen LogP contribution >= 0.6 is 0 Å². The van der Waals surface area contributed by atoms with Crippen LogP contribution in [0.5, 0.6) is 0 Å². The van der Waals surface area contributed by atoms with Gasteiger partial charge in [-0.25, -0.2) is 9.37 Å². The van der Waals surface area contributed by atoms with Gasteiger partial charge in [0.2, 0.25) is 0 Å². The maximum absolute atomic E-state index is 13.6. The zero-order valence-corrected chi connectivity index (χ0v) is 12.3. The molecule has 1 aromatic heterocycles. The normalized spacial score (nSPS) is 12.1. The Hall–Kier alpha value is -3.04. The summed E-state index contributed by atoms with van der Waals surface area (Å²) < 4.78 is 14.8. The van der Waals surface area contributed by atoms with Crippen LogP contribution in [0.2, 0.25) is 0 Å². The Labute approximate surface area is 131 Å². The monoisotopic (exact) mass is 308 g/mol. The standard InChI is InChI=1S/C17H13FN4O/c1-10(20)16-21-14-7-2-4-11(9-19)15(14)17(23)22(16)13-6-3-5-12(18)8-13/h2-8,10H,20H2,1H3. The van der Waals surface area contributed by atoms with E-state index in [4.69, 9.17) is 5.73 Å². The quantitative estimate of drug-likeness (QED) is 0.788. The predicted octanol–water partition coefficient (Wildman–Crippen LogP) is 2.42. The zero-order valence-electron chi connectivity index (χ0n) is 12.3. The molecular weight excluding hydrogens is 295 g/mol. The molecule has 0 aliphatic carbocycles. The van der Waals surface area contributed by atoms with Gasteiger partial charge in [0.05, 0.1) is 28.2 Å². The third-order valence-corrected chi connectivity index (χ3v) is 3.52. The van der Waals surface area contributed by atoms with Crippen LogP contribution in [0.15, 0.2) is 47.3 Å². The van der Waals surface area contributed by atoms with Crippen LogP contribution in [0.1, 0.15) is 24.4 Å². The topological polar surface area (TPSA) is 84.7 Å². The van der Waals surface area contributed by atoms with E-state index in [1.165, 1.54) is 22.8 Å². The number of benzene rings is 2. The van der Waals surface area contributed by atoms with Gasteiger partial charge in [0, 0.05) is 0 Å². The molecule has 2 N–H and O–H groups in total. The van der Waals surface area contributed by atoms with Crippen LogP contribution in [-0.2, 0) is 0 Å². The number of rotatable bonds is 2. The second-order valence-electron chi connectivity index (χ2n) is 5.19. The molecule has 0 saturated carbocycles. The van der Waals surface area contributed by atoms with Crippen LogP contribution in [0.25, 0.3) is 16.6 Å². The molecule has 5 nitrogen and oxygen atoms in total. The minimum Gasteiger partial charge on any atom is -0.322 e. The lowest BCUT2D eigenvalue weighted by atomic mass is 10.1. The highest BCUT2D eigenvalue weighted by Crippen LogP contribution is 2.19. The highest BCUT2D eigenvalue weighted by Gasteiger charge is 2.17. The van der Waals surface area contributed by atoms with Crippen LogP contribution in [0.3, 0.4) is 0 Å². The molecule has 114 valence electrons. The van der Waals surface area contributed by atoms with E-state index < -0.39 is 17.4 Å². The average Bonchev–Trinajstić information content (AvgIpc) is 2.53. The van der Waals surface area contributed by atoms with Crippen molar-refractivity contribution in [3.8, 4) is 11.8 Å². The van der Waals surface area contributed by atoms with Crippen LogP contribution in [-0.4, -0.2) is 9.55 Å². The van der Waals surface area contributed by atoms with E-state index >= 15 is 0 Å². The molecule has 6 heteroatoms. The molecule has 0 aliphatic rings. The molecule has 1 heterocycles. The van der Waals surface area contributed by atoms with Gasteiger partial charge in [0.25, 0.3) is 5.56 Å². The zero-order chi connectivity index (χ0) is 16.6. The summed E-state index contributed by atoms with van der Waals surface area (Å²) in [6.45, 7) is 1.69. The Kier molecular flexibility index (Phi) is 3.64. The molecule has 2 aromatic carbocycles. The first kappa shape index (κ1) is 14.9. The van der Waals surface area contributed by atoms with Gasteiger partial charge in [-0.3, -0.25) is 9.36 Å². The van der Waals surface area contributed by atoms with E-state index in [1.54, 1.807) is 31.2 Å². The van der Waals surface area contributed by atoms with Crippen molar-refractivity contribution in [1.82, 2.24) is 9.55 Å². The Morgan fingerprint density at radius 1 is 1.30 bits per heavy atom. The van der Waals surface area contributed by atoms with Crippen molar-refractivity contribution >= 4 is 10.9 Å². The van der Waals surface area contributed by atoms with Crippen molar-refractivity contribution in [2.24, 2.45) is 5.73 Å². The smallest absolute Gasteiger partial charge is 0.267 e. The van der Waals surface area contributed by atoms with E-state index in [9.17, 15) is 14.4 Å². The number of hydrogen-bond donors (Lipinski definition) is 1. The van der Waals surface area contributed by atoms with Gasteiger partial charge in [-0.05, 0) is 37.3 Å². The third-order valence-electron chi connectivity index (χ3n) is 3.52. The predicted molar refractivity (Wildman–Crippen MR) is 84.6 cm³/mol. The molecule has 23 heavy (non-hydrogen) atoms. The Morgan fingerprint density at radius 2 is 2.04 bits per heavy atom. The maximum atomic E-state index is 13.6. The lowest BCUT2D eigenvalue weighted by molar-refractivity contribution is 0.624. The number of aromatic nitrogens is 2. The number of hydrogen-bond acceptors (Lipinski definition) is 4. The van der Waals surface area contributed by atoms with Gasteiger partial charge in [0.1, 0.15) is 17.7 Å². The molecule has 0 bridgehead atoms. The molecule has 3 aromatic rings. The second kappa shape index (κ2) is 5.63. The van der Waals surface area contributed by atoms with Crippen molar-refractivity contribution in [3.05, 3.63) is 70.0 Å². The van der Waals surface area contributed by atoms with E-state index in [0.29, 0.717) is 17.0 Å². The van der Waals surface area contributed by atoms with Crippen molar-refractivity contribution < 1.29 is 4.39 Å². The van der Waals surface area contributed by atoms with Crippen molar-refractivity contribution in [1.29, 1.82) is 5.26 Å². The summed E-state index contributed by atoms with van der Waals surface area (Å²) in [6, 6.07) is 11.9. The highest BCUT2D eigenvalue weighted by atomic mass is 19.1. The number of nitrogens with two attached hydrogens (primary N) is 1. The Morgan fingerprint density at radius 3 is 2.70 bits per heavy atom. The summed E-state index contributed by atoms with van der Waals surface area (Å²) in [6.07, 6.45) is 0. The molecule has 0 fully saturated rings. The van der Waals surface area contributed by atoms with E-state index in [-0.39, 0.29) is 10.9 Å². The molecule has 0 radical (unpaired) electrons. The summed E-state index contributed by atoms with van der Waals surface area (Å²) in [4.78, 5) is 17.4. The fourth-order valence-corrected chi connectivity index (χ4v) is 2.51. The van der Waals surface area contributed by atoms with Gasteiger partial charge in [-0.15, -0.1) is 0 Å². The summed E-state index contributed by atoms with van der Waals surface area (Å²) in [7, 11) is 0. The maximum Gasteiger partial charge on any atom is 0.267 e. The number of halogens is 1. The van der Waals surface area contributed by atoms with Crippen molar-refractivity contribution in [3.63, 3.8) is 0 Å². The van der Waals surface area contributed by atoms with Gasteiger partial charge < -0.3 is 5.73 Å². The van der Waals surface area contributed by atoms with Gasteiger partial charge >= 0.3 is 0 Å². The van der Waals surface area contributed by atoms with Crippen LogP contribution < -0.4 is 11.3 Å². The van der Waals surface area contributed by atoms with Crippen LogP contribution in [0.4, 0.5) is 4.39 Å². The number of fused-ring (bicyclic) bond motifs is 1. The summed E-state index contributed by atoms with van der Waals surface area (Å²) in [5.41, 5.74) is 6.44. The average molecular weight is 308 g/mol. The summed E-state index contributed by atoms with van der Waals surface area (Å²) in [5, 5.41) is 9.43. The minimum atomic E-state index is -0.541. The van der Waals surface area contributed by atoms with E-state index in [1.807, 2.05) is 6.07 Å². The molecule has 0 aliphatic heterocycles. The lowest BCUT2D eigenvalue weighted by Gasteiger charge is -2.16. The molecule has 1 unspecified atom stereocenters. The fraction of sp³-hybridized carbons (Fsp3) is 0.118. The first-order valence-corrected chi connectivity index (χ1v) is 7.00. The van der Waals surface area contributed by atoms with E-state index in [0.717, 1.165) is 0 Å². The summed E-state index contributed by atoms with van der Waals surface area (Å²) in [5.74, 6) is -0.165. The van der Waals surface area contributed by atoms with Gasteiger partial charge in [-0.1, -0.05) is 12.1 Å². The number of nitrogens with zero attached hydrogens (tertiary/aromatic N) is 3. The minimum absolute atomic E-state index is 0.198. The Bertz CT molecular complexity index is 1000. The molecule has 3 rings (SSSR count).